The van der Waals surface area contributed by atoms with Crippen LogP contribution in [0, 0.1) is 5.41 Å². The van der Waals surface area contributed by atoms with Crippen molar-refractivity contribution < 1.29 is 13.5 Å². The number of nitrogens with two attached hydrogens (primary N) is 1. The van der Waals surface area contributed by atoms with E-state index in [1.54, 1.807) is 0 Å². The predicted octanol–water partition coefficient (Wildman–Crippen LogP) is 0.609. The third-order valence-corrected chi connectivity index (χ3v) is 4.57. The lowest BCUT2D eigenvalue weighted by molar-refractivity contribution is 0.0746. The van der Waals surface area contributed by atoms with Gasteiger partial charge in [0.15, 0.2) is 9.34 Å². The zero-order chi connectivity index (χ0) is 13.3. The highest BCUT2D eigenvalue weighted by molar-refractivity contribution is 7.91. The minimum Gasteiger partial charge on any atom is -0.391 e. The van der Waals surface area contributed by atoms with E-state index in [4.69, 9.17) is 5.14 Å². The molecule has 1 atom stereocenters. The van der Waals surface area contributed by atoms with E-state index in [-0.39, 0.29) is 9.62 Å². The van der Waals surface area contributed by atoms with Crippen molar-refractivity contribution in [3.8, 4) is 0 Å². The molecular weight excluding hydrogens is 262 g/mol. The quantitative estimate of drug-likeness (QED) is 0.749. The summed E-state index contributed by atoms with van der Waals surface area (Å²) in [5, 5.41) is 18.1. The number of aliphatic hydroxyl groups excluding tert-OH is 1. The van der Waals surface area contributed by atoms with Gasteiger partial charge in [-0.3, -0.25) is 0 Å². The van der Waals surface area contributed by atoms with Crippen LogP contribution in [0.5, 0.6) is 0 Å². The first-order chi connectivity index (χ1) is 7.60. The van der Waals surface area contributed by atoms with Crippen LogP contribution in [0.3, 0.4) is 0 Å². The first kappa shape index (κ1) is 14.4. The standard InChI is InChI=1S/C9H17N3O3S2/c1-9(2,3)6(13)4-11-8-12-5-7(16-8)17(10,14)15/h5-6,13H,4H2,1-3H3,(H,11,12)(H2,10,14,15)/t6-/m0/s1. The summed E-state index contributed by atoms with van der Waals surface area (Å²) in [5.41, 5.74) is -0.243. The lowest BCUT2D eigenvalue weighted by atomic mass is 9.89. The van der Waals surface area contributed by atoms with E-state index in [1.807, 2.05) is 20.8 Å². The third-order valence-electron chi connectivity index (χ3n) is 2.21. The van der Waals surface area contributed by atoms with Crippen LogP contribution in [0.1, 0.15) is 20.8 Å². The Hall–Kier alpha value is -0.700. The summed E-state index contributed by atoms with van der Waals surface area (Å²) in [7, 11) is -3.70. The van der Waals surface area contributed by atoms with Gasteiger partial charge in [0.1, 0.15) is 0 Å². The second-order valence-electron chi connectivity index (χ2n) is 4.79. The average molecular weight is 279 g/mol. The fraction of sp³-hybridized carbons (Fsp3) is 0.667. The van der Waals surface area contributed by atoms with Crippen molar-refractivity contribution >= 4 is 26.5 Å². The highest BCUT2D eigenvalue weighted by Crippen LogP contribution is 2.23. The van der Waals surface area contributed by atoms with Crippen molar-refractivity contribution in [2.75, 3.05) is 11.9 Å². The van der Waals surface area contributed by atoms with Crippen molar-refractivity contribution in [1.29, 1.82) is 0 Å². The van der Waals surface area contributed by atoms with Gasteiger partial charge in [-0.2, -0.15) is 0 Å². The zero-order valence-electron chi connectivity index (χ0n) is 9.97. The first-order valence-electron chi connectivity index (χ1n) is 5.01. The van der Waals surface area contributed by atoms with Gasteiger partial charge in [0, 0.05) is 6.54 Å². The van der Waals surface area contributed by atoms with Gasteiger partial charge in [-0.05, 0) is 5.41 Å². The second kappa shape index (κ2) is 4.89. The Kier molecular flexibility index (Phi) is 4.13. The maximum Gasteiger partial charge on any atom is 0.249 e. The summed E-state index contributed by atoms with van der Waals surface area (Å²) in [4.78, 5) is 3.87. The van der Waals surface area contributed by atoms with E-state index >= 15 is 0 Å². The van der Waals surface area contributed by atoms with Crippen LogP contribution in [0.15, 0.2) is 10.4 Å². The number of thiazole rings is 1. The Morgan fingerprint density at radius 3 is 2.59 bits per heavy atom. The Balaban J connectivity index is 2.63. The summed E-state index contributed by atoms with van der Waals surface area (Å²) in [6.45, 7) is 6.05. The number of sulfonamides is 1. The molecule has 0 saturated heterocycles. The van der Waals surface area contributed by atoms with E-state index in [9.17, 15) is 13.5 Å². The van der Waals surface area contributed by atoms with Crippen LogP contribution < -0.4 is 10.5 Å². The number of hydrogen-bond donors (Lipinski definition) is 3. The van der Waals surface area contributed by atoms with Gasteiger partial charge in [-0.25, -0.2) is 18.5 Å². The molecule has 0 aliphatic rings. The monoisotopic (exact) mass is 279 g/mol. The highest BCUT2D eigenvalue weighted by Gasteiger charge is 2.22. The van der Waals surface area contributed by atoms with Crippen LogP contribution in [-0.2, 0) is 10.0 Å². The maximum absolute atomic E-state index is 11.0. The van der Waals surface area contributed by atoms with Gasteiger partial charge in [-0.1, -0.05) is 32.1 Å². The summed E-state index contributed by atoms with van der Waals surface area (Å²) >= 11 is 0.946. The van der Waals surface area contributed by atoms with E-state index in [0.29, 0.717) is 11.7 Å². The molecule has 0 spiro atoms. The number of nitrogens with one attached hydrogen (secondary N) is 1. The number of hydrogen-bond acceptors (Lipinski definition) is 6. The zero-order valence-corrected chi connectivity index (χ0v) is 11.6. The van der Waals surface area contributed by atoms with Crippen LogP contribution in [0.2, 0.25) is 0 Å². The molecule has 0 aliphatic carbocycles. The molecule has 4 N–H and O–H groups in total. The summed E-state index contributed by atoms with van der Waals surface area (Å²) in [6, 6.07) is 0. The molecule has 1 rings (SSSR count). The van der Waals surface area contributed by atoms with Crippen molar-refractivity contribution in [1.82, 2.24) is 4.98 Å². The predicted molar refractivity (Wildman–Crippen MR) is 67.4 cm³/mol. The third kappa shape index (κ3) is 4.23. The normalized spacial score (nSPS) is 14.6. The fourth-order valence-corrected chi connectivity index (χ4v) is 2.42. The van der Waals surface area contributed by atoms with Gasteiger partial charge in [0.25, 0.3) is 0 Å². The largest absolute Gasteiger partial charge is 0.391 e. The number of aliphatic hydroxyl groups is 1. The van der Waals surface area contributed by atoms with Crippen molar-refractivity contribution in [3.05, 3.63) is 6.20 Å². The molecule has 1 aromatic rings. The van der Waals surface area contributed by atoms with E-state index < -0.39 is 16.1 Å². The molecule has 0 aromatic carbocycles. The molecule has 0 bridgehead atoms. The number of primary sulfonamides is 1. The lowest BCUT2D eigenvalue weighted by Crippen LogP contribution is -2.32. The van der Waals surface area contributed by atoms with Gasteiger partial charge >= 0.3 is 0 Å². The van der Waals surface area contributed by atoms with E-state index in [2.05, 4.69) is 10.3 Å². The van der Waals surface area contributed by atoms with Crippen LogP contribution >= 0.6 is 11.3 Å². The summed E-state index contributed by atoms with van der Waals surface area (Å²) in [5.74, 6) is 0. The van der Waals surface area contributed by atoms with Gasteiger partial charge in [0.2, 0.25) is 10.0 Å². The molecule has 0 saturated carbocycles. The van der Waals surface area contributed by atoms with Crippen molar-refractivity contribution in [2.45, 2.75) is 31.1 Å². The van der Waals surface area contributed by atoms with Crippen LogP contribution in [0.25, 0.3) is 0 Å². The molecule has 1 heterocycles. The molecular formula is C9H17N3O3S2. The van der Waals surface area contributed by atoms with E-state index in [1.165, 1.54) is 6.20 Å². The van der Waals surface area contributed by atoms with E-state index in [0.717, 1.165) is 11.3 Å². The van der Waals surface area contributed by atoms with Gasteiger partial charge in [0.05, 0.1) is 12.3 Å². The van der Waals surface area contributed by atoms with Gasteiger partial charge < -0.3 is 10.4 Å². The number of rotatable bonds is 4. The Bertz CT molecular complexity index is 476. The number of aromatic nitrogens is 1. The Labute approximate surface area is 105 Å². The fourth-order valence-electron chi connectivity index (χ4n) is 0.963. The number of nitrogens with zero attached hydrogens (tertiary/aromatic N) is 1. The Morgan fingerprint density at radius 2 is 2.18 bits per heavy atom. The van der Waals surface area contributed by atoms with Gasteiger partial charge in [-0.15, -0.1) is 0 Å². The maximum atomic E-state index is 11.0. The molecule has 0 unspecified atom stereocenters. The second-order valence-corrected chi connectivity index (χ2v) is 7.61. The molecule has 0 aliphatic heterocycles. The molecule has 6 nitrogen and oxygen atoms in total. The molecule has 0 radical (unpaired) electrons. The first-order valence-corrected chi connectivity index (χ1v) is 7.37. The molecule has 0 fully saturated rings. The Morgan fingerprint density at radius 1 is 1.59 bits per heavy atom. The summed E-state index contributed by atoms with van der Waals surface area (Å²) < 4.78 is 22.0. The minimum atomic E-state index is -3.70. The van der Waals surface area contributed by atoms with Crippen LogP contribution in [-0.4, -0.2) is 31.2 Å². The SMILES string of the molecule is CC(C)(C)[C@@H](O)CNc1ncc(S(N)(=O)=O)s1. The minimum absolute atomic E-state index is 0.00486. The summed E-state index contributed by atoms with van der Waals surface area (Å²) in [6.07, 6.45) is 0.649. The highest BCUT2D eigenvalue weighted by atomic mass is 32.2. The molecule has 0 amide bonds. The molecule has 1 aromatic heterocycles. The molecule has 8 heteroatoms. The smallest absolute Gasteiger partial charge is 0.249 e. The number of anilines is 1. The van der Waals surface area contributed by atoms with Crippen molar-refractivity contribution in [2.24, 2.45) is 10.6 Å². The van der Waals surface area contributed by atoms with Crippen LogP contribution in [0.4, 0.5) is 5.13 Å². The molecule has 17 heavy (non-hydrogen) atoms. The lowest BCUT2D eigenvalue weighted by Gasteiger charge is -2.25. The molecule has 98 valence electrons. The average Bonchev–Trinajstić information content (AvgIpc) is 2.59. The van der Waals surface area contributed by atoms with Crippen molar-refractivity contribution in [3.63, 3.8) is 0 Å². The topological polar surface area (TPSA) is 105 Å².